The zero-order valence-electron chi connectivity index (χ0n) is 9.85. The molecule has 0 spiro atoms. The van der Waals surface area contributed by atoms with Crippen molar-refractivity contribution in [3.05, 3.63) is 29.6 Å². The molecule has 0 radical (unpaired) electrons. The second-order valence-electron chi connectivity index (χ2n) is 4.11. The molecule has 0 aromatic heterocycles. The highest BCUT2D eigenvalue weighted by Gasteiger charge is 2.31. The van der Waals surface area contributed by atoms with Gasteiger partial charge in [-0.2, -0.15) is 0 Å². The van der Waals surface area contributed by atoms with Crippen molar-refractivity contribution in [2.24, 2.45) is 5.73 Å². The number of hydrogen-bond acceptors (Lipinski definition) is 3. The molecule has 0 aliphatic carbocycles. The largest absolute Gasteiger partial charge is 0.320 e. The maximum atomic E-state index is 13.8. The van der Waals surface area contributed by atoms with Gasteiger partial charge in [0.15, 0.2) is 5.78 Å². The smallest absolute Gasteiger partial charge is 0.244 e. The van der Waals surface area contributed by atoms with E-state index in [0.29, 0.717) is 18.5 Å². The Balaban J connectivity index is 0.00000162. The van der Waals surface area contributed by atoms with Crippen molar-refractivity contribution in [2.45, 2.75) is 19.4 Å². The highest BCUT2D eigenvalue weighted by atomic mass is 35.5. The number of amides is 1. The molecule has 2 N–H and O–H groups in total. The molecule has 1 aliphatic heterocycles. The molecule has 1 fully saturated rings. The molecule has 1 saturated heterocycles. The molecule has 18 heavy (non-hydrogen) atoms. The van der Waals surface area contributed by atoms with Gasteiger partial charge in [0, 0.05) is 12.1 Å². The van der Waals surface area contributed by atoms with E-state index in [0.717, 1.165) is 6.07 Å². The minimum Gasteiger partial charge on any atom is -0.320 e. The van der Waals surface area contributed by atoms with E-state index in [2.05, 4.69) is 0 Å². The van der Waals surface area contributed by atoms with Gasteiger partial charge in [0.25, 0.3) is 0 Å². The van der Waals surface area contributed by atoms with Gasteiger partial charge in [-0.25, -0.2) is 4.39 Å². The Labute approximate surface area is 110 Å². The number of Topliss-reactive ketones (excluding diaryl/α,β-unsaturated/α-hetero) is 1. The van der Waals surface area contributed by atoms with Crippen molar-refractivity contribution in [3.8, 4) is 0 Å². The first kappa shape index (κ1) is 14.6. The summed E-state index contributed by atoms with van der Waals surface area (Å²) in [7, 11) is 0. The van der Waals surface area contributed by atoms with Crippen molar-refractivity contribution < 1.29 is 14.0 Å². The average Bonchev–Trinajstić information content (AvgIpc) is 2.60. The Hall–Kier alpha value is -1.46. The molecular formula is C12H14ClFN2O2. The van der Waals surface area contributed by atoms with Gasteiger partial charge < -0.3 is 10.6 Å². The van der Waals surface area contributed by atoms with Crippen molar-refractivity contribution in [1.82, 2.24) is 0 Å². The quantitative estimate of drug-likeness (QED) is 0.830. The Bertz CT molecular complexity index is 493. The van der Waals surface area contributed by atoms with E-state index in [1.54, 1.807) is 0 Å². The number of rotatable bonds is 2. The summed E-state index contributed by atoms with van der Waals surface area (Å²) in [5.74, 6) is -1.06. The molecule has 4 nitrogen and oxygen atoms in total. The van der Waals surface area contributed by atoms with Crippen molar-refractivity contribution >= 4 is 29.8 Å². The van der Waals surface area contributed by atoms with E-state index < -0.39 is 11.9 Å². The molecule has 98 valence electrons. The van der Waals surface area contributed by atoms with Crippen LogP contribution in [-0.2, 0) is 4.79 Å². The Kier molecular flexibility index (Phi) is 4.43. The summed E-state index contributed by atoms with van der Waals surface area (Å²) in [5, 5.41) is 0. The molecule has 0 bridgehead atoms. The lowest BCUT2D eigenvalue weighted by Crippen LogP contribution is -2.34. The predicted molar refractivity (Wildman–Crippen MR) is 68.6 cm³/mol. The molecule has 2 rings (SSSR count). The number of hydrogen-bond donors (Lipinski definition) is 1. The Morgan fingerprint density at radius 3 is 2.61 bits per heavy atom. The molecule has 1 aromatic carbocycles. The highest BCUT2D eigenvalue weighted by molar-refractivity contribution is 6.00. The molecule has 6 heteroatoms. The number of nitrogens with two attached hydrogens (primary N) is 1. The first-order valence-corrected chi connectivity index (χ1v) is 5.38. The van der Waals surface area contributed by atoms with Crippen LogP contribution < -0.4 is 10.6 Å². The summed E-state index contributed by atoms with van der Waals surface area (Å²) < 4.78 is 13.8. The van der Waals surface area contributed by atoms with Crippen LogP contribution in [0.1, 0.15) is 23.7 Å². The number of nitrogens with zero attached hydrogens (tertiary/aromatic N) is 1. The summed E-state index contributed by atoms with van der Waals surface area (Å²) in [4.78, 5) is 24.0. The van der Waals surface area contributed by atoms with Crippen LogP contribution >= 0.6 is 12.4 Å². The van der Waals surface area contributed by atoms with Crippen LogP contribution in [-0.4, -0.2) is 24.3 Å². The number of carbonyl (C=O) groups excluding carboxylic acids is 2. The van der Waals surface area contributed by atoms with E-state index in [1.807, 2.05) is 0 Å². The van der Waals surface area contributed by atoms with Gasteiger partial charge in [-0.05, 0) is 31.5 Å². The van der Waals surface area contributed by atoms with Crippen LogP contribution in [0.5, 0.6) is 0 Å². The summed E-state index contributed by atoms with van der Waals surface area (Å²) in [6, 6.07) is 3.55. The fourth-order valence-electron chi connectivity index (χ4n) is 1.89. The minimum atomic E-state index is -0.569. The van der Waals surface area contributed by atoms with E-state index in [9.17, 15) is 14.0 Å². The third-order valence-corrected chi connectivity index (χ3v) is 2.89. The Morgan fingerprint density at radius 1 is 1.50 bits per heavy atom. The van der Waals surface area contributed by atoms with Gasteiger partial charge in [-0.3, -0.25) is 9.59 Å². The summed E-state index contributed by atoms with van der Waals surface area (Å²) in [6.45, 7) is 1.78. The maximum Gasteiger partial charge on any atom is 0.244 e. The third-order valence-electron chi connectivity index (χ3n) is 2.89. The molecular weight excluding hydrogens is 259 g/mol. The van der Waals surface area contributed by atoms with Crippen molar-refractivity contribution in [3.63, 3.8) is 0 Å². The van der Waals surface area contributed by atoms with Gasteiger partial charge in [-0.15, -0.1) is 12.4 Å². The average molecular weight is 273 g/mol. The molecule has 1 atom stereocenters. The molecule has 1 aromatic rings. The highest BCUT2D eigenvalue weighted by Crippen LogP contribution is 2.25. The monoisotopic (exact) mass is 272 g/mol. The van der Waals surface area contributed by atoms with Gasteiger partial charge in [-0.1, -0.05) is 0 Å². The van der Waals surface area contributed by atoms with Crippen LogP contribution in [0.15, 0.2) is 18.2 Å². The Morgan fingerprint density at radius 2 is 2.17 bits per heavy atom. The van der Waals surface area contributed by atoms with Crippen LogP contribution in [0.4, 0.5) is 10.1 Å². The van der Waals surface area contributed by atoms with E-state index >= 15 is 0 Å². The number of halogens is 2. The summed E-state index contributed by atoms with van der Waals surface area (Å²) in [6.07, 6.45) is 0.521. The maximum absolute atomic E-state index is 13.8. The van der Waals surface area contributed by atoms with Crippen LogP contribution in [0, 0.1) is 5.82 Å². The fourth-order valence-corrected chi connectivity index (χ4v) is 1.89. The predicted octanol–water partition coefficient (Wildman–Crippen LogP) is 1.51. The molecule has 0 saturated carbocycles. The van der Waals surface area contributed by atoms with E-state index in [-0.39, 0.29) is 29.8 Å². The third kappa shape index (κ3) is 2.52. The molecule has 1 unspecified atom stereocenters. The van der Waals surface area contributed by atoms with Gasteiger partial charge in [0.05, 0.1) is 11.7 Å². The van der Waals surface area contributed by atoms with Gasteiger partial charge >= 0.3 is 0 Å². The first-order valence-electron chi connectivity index (χ1n) is 5.38. The first-order chi connectivity index (χ1) is 8.00. The topological polar surface area (TPSA) is 63.4 Å². The SMILES string of the molecule is CC(=O)c1ccc(N2CCC(N)C2=O)c(F)c1.Cl. The second kappa shape index (κ2) is 5.46. The van der Waals surface area contributed by atoms with Crippen molar-refractivity contribution in [2.75, 3.05) is 11.4 Å². The number of benzene rings is 1. The summed E-state index contributed by atoms with van der Waals surface area (Å²) >= 11 is 0. The van der Waals surface area contributed by atoms with E-state index in [4.69, 9.17) is 5.73 Å². The molecule has 1 aliphatic rings. The fraction of sp³-hybridized carbons (Fsp3) is 0.333. The van der Waals surface area contributed by atoms with Crippen LogP contribution in [0.3, 0.4) is 0 Å². The zero-order chi connectivity index (χ0) is 12.6. The minimum absolute atomic E-state index is 0. The summed E-state index contributed by atoms with van der Waals surface area (Å²) in [5.41, 5.74) is 6.05. The lowest BCUT2D eigenvalue weighted by Gasteiger charge is -2.17. The normalized spacial score (nSPS) is 18.7. The number of anilines is 1. The number of carbonyl (C=O) groups is 2. The van der Waals surface area contributed by atoms with E-state index in [1.165, 1.54) is 24.0 Å². The standard InChI is InChI=1S/C12H13FN2O2.ClH/c1-7(16)8-2-3-11(9(13)6-8)15-5-4-10(14)12(15)17;/h2-3,6,10H,4-5,14H2,1H3;1H. The zero-order valence-corrected chi connectivity index (χ0v) is 10.7. The lowest BCUT2D eigenvalue weighted by molar-refractivity contribution is -0.118. The molecule has 1 heterocycles. The van der Waals surface area contributed by atoms with Gasteiger partial charge in [0.1, 0.15) is 5.82 Å². The van der Waals surface area contributed by atoms with Gasteiger partial charge in [0.2, 0.25) is 5.91 Å². The van der Waals surface area contributed by atoms with Crippen LogP contribution in [0.2, 0.25) is 0 Å². The molecule has 1 amide bonds. The lowest BCUT2D eigenvalue weighted by atomic mass is 10.1. The van der Waals surface area contributed by atoms with Crippen molar-refractivity contribution in [1.29, 1.82) is 0 Å². The number of ketones is 1. The second-order valence-corrected chi connectivity index (χ2v) is 4.11. The van der Waals surface area contributed by atoms with Crippen LogP contribution in [0.25, 0.3) is 0 Å².